The third kappa shape index (κ3) is 1.82. The highest BCUT2D eigenvalue weighted by Crippen LogP contribution is 2.33. The van der Waals surface area contributed by atoms with Crippen molar-refractivity contribution >= 4 is 11.9 Å². The highest BCUT2D eigenvalue weighted by atomic mass is 32.2. The Hall–Kier alpha value is -0.470. The summed E-state index contributed by atoms with van der Waals surface area (Å²) in [6, 6.07) is 10.7. The van der Waals surface area contributed by atoms with E-state index in [4.69, 9.17) is 0 Å². The molecular weight excluding hydrogens is 166 g/mol. The average molecular weight is 179 g/mol. The van der Waals surface area contributed by atoms with Crippen molar-refractivity contribution in [3.05, 3.63) is 35.9 Å². The molecule has 0 bridgehead atoms. The lowest BCUT2D eigenvalue weighted by molar-refractivity contribution is 0.679. The van der Waals surface area contributed by atoms with Crippen LogP contribution in [0.4, 0.5) is 0 Å². The summed E-state index contributed by atoms with van der Waals surface area (Å²) in [5, 5.41) is 0.667. The van der Waals surface area contributed by atoms with E-state index in [0.29, 0.717) is 5.25 Å². The highest BCUT2D eigenvalue weighted by Gasteiger charge is 2.14. The van der Waals surface area contributed by atoms with Gasteiger partial charge in [0.2, 0.25) is 0 Å². The molecule has 1 N–H and O–H groups in total. The zero-order valence-electron chi connectivity index (χ0n) is 6.99. The van der Waals surface area contributed by atoms with Crippen LogP contribution in [0.1, 0.15) is 23.7 Å². The van der Waals surface area contributed by atoms with Gasteiger partial charge in [-0.2, -0.15) is 0 Å². The summed E-state index contributed by atoms with van der Waals surface area (Å²) in [6.45, 7) is 1.16. The van der Waals surface area contributed by atoms with Gasteiger partial charge in [-0.05, 0) is 18.4 Å². The fourth-order valence-corrected chi connectivity index (χ4v) is 2.52. The highest BCUT2D eigenvalue weighted by molar-refractivity contribution is 7.97. The molecule has 0 amide bonds. The second-order valence-electron chi connectivity index (χ2n) is 3.05. The second-order valence-corrected chi connectivity index (χ2v) is 4.15. The standard InChI is InChI=1S/C10H13NS/c1-2-5-9(6-3-1)10-7-4-8-11-12-10/h1-3,5-6,10-11H,4,7-8H2. The van der Waals surface area contributed by atoms with E-state index in [9.17, 15) is 0 Å². The molecule has 2 heteroatoms. The molecule has 0 radical (unpaired) electrons. The van der Waals surface area contributed by atoms with Crippen LogP contribution in [0.5, 0.6) is 0 Å². The molecule has 0 aliphatic carbocycles. The van der Waals surface area contributed by atoms with Crippen molar-refractivity contribution in [2.45, 2.75) is 18.1 Å². The van der Waals surface area contributed by atoms with Crippen LogP contribution in [0.2, 0.25) is 0 Å². The summed E-state index contributed by atoms with van der Waals surface area (Å²) in [4.78, 5) is 0. The lowest BCUT2D eigenvalue weighted by Crippen LogP contribution is -2.15. The van der Waals surface area contributed by atoms with Gasteiger partial charge in [-0.15, -0.1) is 0 Å². The van der Waals surface area contributed by atoms with Crippen molar-refractivity contribution in [2.75, 3.05) is 6.54 Å². The molecule has 0 aromatic heterocycles. The molecule has 1 aromatic rings. The fourth-order valence-electron chi connectivity index (χ4n) is 1.48. The molecule has 1 aromatic carbocycles. The summed E-state index contributed by atoms with van der Waals surface area (Å²) >= 11 is 1.87. The van der Waals surface area contributed by atoms with Gasteiger partial charge in [-0.1, -0.05) is 42.3 Å². The van der Waals surface area contributed by atoms with Crippen LogP contribution >= 0.6 is 11.9 Å². The predicted octanol–water partition coefficient (Wildman–Crippen LogP) is 2.76. The van der Waals surface area contributed by atoms with Gasteiger partial charge in [0.15, 0.2) is 0 Å². The first-order valence-corrected chi connectivity index (χ1v) is 5.28. The molecule has 1 unspecified atom stereocenters. The van der Waals surface area contributed by atoms with Gasteiger partial charge in [-0.25, -0.2) is 0 Å². The molecule has 1 atom stereocenters. The van der Waals surface area contributed by atoms with Crippen molar-refractivity contribution in [1.82, 2.24) is 4.72 Å². The minimum Gasteiger partial charge on any atom is -0.264 e. The first-order chi connectivity index (χ1) is 5.97. The van der Waals surface area contributed by atoms with Gasteiger partial charge < -0.3 is 0 Å². The molecule has 1 nitrogen and oxygen atoms in total. The Morgan fingerprint density at radius 3 is 2.75 bits per heavy atom. The van der Waals surface area contributed by atoms with E-state index in [1.807, 2.05) is 11.9 Å². The number of rotatable bonds is 1. The normalized spacial score (nSPS) is 23.8. The topological polar surface area (TPSA) is 12.0 Å². The van der Waals surface area contributed by atoms with E-state index in [1.54, 1.807) is 0 Å². The summed E-state index contributed by atoms with van der Waals surface area (Å²) in [5.41, 5.74) is 1.45. The van der Waals surface area contributed by atoms with E-state index in [-0.39, 0.29) is 0 Å². The number of nitrogens with one attached hydrogen (secondary N) is 1. The molecular formula is C10H13NS. The minimum absolute atomic E-state index is 0.667. The molecule has 1 saturated heterocycles. The van der Waals surface area contributed by atoms with Gasteiger partial charge in [0, 0.05) is 11.8 Å². The smallest absolute Gasteiger partial charge is 0.0442 e. The van der Waals surface area contributed by atoms with Gasteiger partial charge in [0.25, 0.3) is 0 Å². The fraction of sp³-hybridized carbons (Fsp3) is 0.400. The van der Waals surface area contributed by atoms with E-state index in [0.717, 1.165) is 6.54 Å². The Morgan fingerprint density at radius 1 is 1.25 bits per heavy atom. The quantitative estimate of drug-likeness (QED) is 0.665. The monoisotopic (exact) mass is 179 g/mol. The predicted molar refractivity (Wildman–Crippen MR) is 54.0 cm³/mol. The van der Waals surface area contributed by atoms with Crippen molar-refractivity contribution < 1.29 is 0 Å². The van der Waals surface area contributed by atoms with Crippen molar-refractivity contribution in [3.8, 4) is 0 Å². The molecule has 1 heterocycles. The maximum atomic E-state index is 3.35. The molecule has 1 aliphatic rings. The Morgan fingerprint density at radius 2 is 2.08 bits per heavy atom. The Bertz CT molecular complexity index is 229. The average Bonchev–Trinajstić information content (AvgIpc) is 2.21. The SMILES string of the molecule is c1ccc(C2CCCNS2)cc1. The largest absolute Gasteiger partial charge is 0.264 e. The van der Waals surface area contributed by atoms with Gasteiger partial charge in [0.05, 0.1) is 0 Å². The maximum absolute atomic E-state index is 3.35. The van der Waals surface area contributed by atoms with Crippen LogP contribution in [0.3, 0.4) is 0 Å². The Labute approximate surface area is 77.7 Å². The lowest BCUT2D eigenvalue weighted by Gasteiger charge is -2.21. The first kappa shape index (κ1) is 8.14. The number of benzene rings is 1. The van der Waals surface area contributed by atoms with Crippen LogP contribution < -0.4 is 4.72 Å². The summed E-state index contributed by atoms with van der Waals surface area (Å²) < 4.78 is 3.35. The van der Waals surface area contributed by atoms with Crippen LogP contribution in [-0.2, 0) is 0 Å². The molecule has 64 valence electrons. The summed E-state index contributed by atoms with van der Waals surface area (Å²) in [6.07, 6.45) is 2.61. The zero-order chi connectivity index (χ0) is 8.23. The molecule has 0 spiro atoms. The zero-order valence-corrected chi connectivity index (χ0v) is 7.81. The molecule has 1 fully saturated rings. The Kier molecular flexibility index (Phi) is 2.69. The lowest BCUT2D eigenvalue weighted by atomic mass is 10.1. The molecule has 0 saturated carbocycles. The van der Waals surface area contributed by atoms with E-state index >= 15 is 0 Å². The van der Waals surface area contributed by atoms with E-state index in [1.165, 1.54) is 18.4 Å². The van der Waals surface area contributed by atoms with Crippen molar-refractivity contribution in [1.29, 1.82) is 0 Å². The van der Waals surface area contributed by atoms with E-state index < -0.39 is 0 Å². The van der Waals surface area contributed by atoms with Crippen molar-refractivity contribution in [2.24, 2.45) is 0 Å². The second kappa shape index (κ2) is 3.97. The van der Waals surface area contributed by atoms with E-state index in [2.05, 4.69) is 35.1 Å². The summed E-state index contributed by atoms with van der Waals surface area (Å²) in [7, 11) is 0. The Balaban J connectivity index is 2.08. The van der Waals surface area contributed by atoms with Gasteiger partial charge in [-0.3, -0.25) is 4.72 Å². The third-order valence-corrected chi connectivity index (χ3v) is 3.31. The van der Waals surface area contributed by atoms with Crippen LogP contribution in [0.25, 0.3) is 0 Å². The van der Waals surface area contributed by atoms with Crippen molar-refractivity contribution in [3.63, 3.8) is 0 Å². The summed E-state index contributed by atoms with van der Waals surface area (Å²) in [5.74, 6) is 0. The number of hydrogen-bond donors (Lipinski definition) is 1. The first-order valence-electron chi connectivity index (χ1n) is 4.40. The van der Waals surface area contributed by atoms with Gasteiger partial charge in [0.1, 0.15) is 0 Å². The maximum Gasteiger partial charge on any atom is 0.0442 e. The van der Waals surface area contributed by atoms with Crippen LogP contribution in [-0.4, -0.2) is 6.54 Å². The minimum atomic E-state index is 0.667. The van der Waals surface area contributed by atoms with Gasteiger partial charge >= 0.3 is 0 Å². The van der Waals surface area contributed by atoms with Crippen LogP contribution in [0, 0.1) is 0 Å². The number of hydrogen-bond acceptors (Lipinski definition) is 2. The third-order valence-electron chi connectivity index (χ3n) is 2.14. The molecule has 2 rings (SSSR count). The molecule has 1 aliphatic heterocycles. The molecule has 12 heavy (non-hydrogen) atoms. The van der Waals surface area contributed by atoms with Crippen LogP contribution in [0.15, 0.2) is 30.3 Å².